The van der Waals surface area contributed by atoms with E-state index in [1.165, 1.54) is 13.2 Å². The molecule has 27 heavy (non-hydrogen) atoms. The number of methoxy groups -OCH3 is 1. The van der Waals surface area contributed by atoms with Crippen molar-refractivity contribution >= 4 is 22.5 Å². The third kappa shape index (κ3) is 2.44. The molecule has 1 saturated heterocycles. The Balaban J connectivity index is 1.62. The molecule has 0 unspecified atom stereocenters. The number of hydrogen-bond acceptors (Lipinski definition) is 6. The van der Waals surface area contributed by atoms with Gasteiger partial charge in [0.2, 0.25) is 0 Å². The van der Waals surface area contributed by atoms with Crippen molar-refractivity contribution in [1.82, 2.24) is 0 Å². The third-order valence-corrected chi connectivity index (χ3v) is 5.51. The van der Waals surface area contributed by atoms with Crippen LogP contribution in [0, 0.1) is 5.92 Å². The molecule has 0 amide bonds. The zero-order valence-corrected chi connectivity index (χ0v) is 14.7. The van der Waals surface area contributed by atoms with Crippen LogP contribution < -0.4 is 9.47 Å². The zero-order chi connectivity index (χ0) is 18.6. The maximum atomic E-state index is 12.2. The Labute approximate surface area is 155 Å². The predicted molar refractivity (Wildman–Crippen MR) is 95.5 cm³/mol. The maximum Gasteiger partial charge on any atom is 0.308 e. The first-order chi connectivity index (χ1) is 13.1. The molecule has 0 bridgehead atoms. The van der Waals surface area contributed by atoms with E-state index in [1.807, 2.05) is 36.4 Å². The normalized spacial score (nSPS) is 28.1. The lowest BCUT2D eigenvalue weighted by Crippen LogP contribution is -2.57. The van der Waals surface area contributed by atoms with Gasteiger partial charge in [0, 0.05) is 19.6 Å². The van der Waals surface area contributed by atoms with E-state index < -0.39 is 23.9 Å². The van der Waals surface area contributed by atoms with E-state index in [4.69, 9.17) is 18.9 Å². The quantitative estimate of drug-likeness (QED) is 0.761. The summed E-state index contributed by atoms with van der Waals surface area (Å²) in [5.74, 6) is -0.805. The van der Waals surface area contributed by atoms with Gasteiger partial charge in [-0.3, -0.25) is 9.59 Å². The predicted octanol–water partition coefficient (Wildman–Crippen LogP) is 2.78. The van der Waals surface area contributed by atoms with Crippen molar-refractivity contribution in [2.75, 3.05) is 7.11 Å². The first-order valence-corrected chi connectivity index (χ1v) is 8.94. The van der Waals surface area contributed by atoms with Crippen molar-refractivity contribution in [2.24, 2.45) is 5.92 Å². The second-order valence-electron chi connectivity index (χ2n) is 7.08. The van der Waals surface area contributed by atoms with Crippen LogP contribution in [0.25, 0.3) is 10.8 Å². The molecule has 0 N–H and O–H groups in total. The lowest BCUT2D eigenvalue weighted by molar-refractivity contribution is -0.179. The molecular formula is C21H18O6. The fraction of sp³-hybridized carbons (Fsp3) is 0.333. The molecule has 2 aromatic carbocycles. The molecule has 1 spiro atoms. The Bertz CT molecular complexity index is 937. The Kier molecular flexibility index (Phi) is 3.52. The van der Waals surface area contributed by atoms with Gasteiger partial charge in [-0.25, -0.2) is 0 Å². The molecule has 2 aromatic rings. The minimum atomic E-state index is -1.23. The van der Waals surface area contributed by atoms with E-state index in [9.17, 15) is 9.59 Å². The van der Waals surface area contributed by atoms with Gasteiger partial charge >= 0.3 is 5.97 Å². The minimum Gasteiger partial charge on any atom is -0.459 e. The molecule has 6 heteroatoms. The summed E-state index contributed by atoms with van der Waals surface area (Å²) in [5, 5.41) is 1.90. The van der Waals surface area contributed by atoms with E-state index in [1.54, 1.807) is 6.08 Å². The number of esters is 1. The van der Waals surface area contributed by atoms with Crippen molar-refractivity contribution in [3.05, 3.63) is 48.6 Å². The van der Waals surface area contributed by atoms with Crippen LogP contribution in [0.3, 0.4) is 0 Å². The van der Waals surface area contributed by atoms with Gasteiger partial charge in [0.15, 0.2) is 5.78 Å². The number of benzene rings is 2. The second-order valence-corrected chi connectivity index (χ2v) is 7.08. The average molecular weight is 366 g/mol. The van der Waals surface area contributed by atoms with E-state index in [0.717, 1.165) is 10.8 Å². The fourth-order valence-corrected chi connectivity index (χ4v) is 4.25. The van der Waals surface area contributed by atoms with Gasteiger partial charge in [0.25, 0.3) is 5.79 Å². The molecule has 0 radical (unpaired) electrons. The topological polar surface area (TPSA) is 71.1 Å². The molecule has 1 fully saturated rings. The molecule has 138 valence electrons. The first-order valence-electron chi connectivity index (χ1n) is 8.94. The van der Waals surface area contributed by atoms with Crippen molar-refractivity contribution in [1.29, 1.82) is 0 Å². The molecule has 1 aliphatic carbocycles. The first kappa shape index (κ1) is 16.3. The molecule has 2 aliphatic heterocycles. The molecule has 0 saturated carbocycles. The number of cyclic esters (lactones) is 1. The zero-order valence-electron chi connectivity index (χ0n) is 14.7. The van der Waals surface area contributed by atoms with Crippen molar-refractivity contribution < 1.29 is 28.5 Å². The highest BCUT2D eigenvalue weighted by Crippen LogP contribution is 2.48. The molecule has 0 aromatic heterocycles. The molecule has 6 nitrogen and oxygen atoms in total. The van der Waals surface area contributed by atoms with Gasteiger partial charge in [-0.2, -0.15) is 0 Å². The lowest BCUT2D eigenvalue weighted by Gasteiger charge is -2.45. The number of hydrogen-bond donors (Lipinski definition) is 0. The van der Waals surface area contributed by atoms with Crippen LogP contribution in [0.1, 0.15) is 12.8 Å². The van der Waals surface area contributed by atoms with Crippen molar-refractivity contribution in [2.45, 2.75) is 30.8 Å². The highest BCUT2D eigenvalue weighted by atomic mass is 16.7. The SMILES string of the molecule is CO[C@H]1CC(=O)O[C@H]1[C@@H]1CC(=O)C=CC12Oc1cccc3cccc(c13)O2. The van der Waals surface area contributed by atoms with Crippen LogP contribution in [-0.2, 0) is 19.1 Å². The lowest BCUT2D eigenvalue weighted by atomic mass is 9.80. The van der Waals surface area contributed by atoms with Crippen LogP contribution in [0.2, 0.25) is 0 Å². The number of ketones is 1. The Morgan fingerprint density at radius 2 is 1.74 bits per heavy atom. The monoisotopic (exact) mass is 366 g/mol. The second kappa shape index (κ2) is 5.82. The average Bonchev–Trinajstić information content (AvgIpc) is 3.05. The van der Waals surface area contributed by atoms with Crippen LogP contribution in [-0.4, -0.2) is 36.9 Å². The summed E-state index contributed by atoms with van der Waals surface area (Å²) in [6, 6.07) is 11.6. The third-order valence-electron chi connectivity index (χ3n) is 5.51. The molecule has 2 heterocycles. The molecular weight excluding hydrogens is 348 g/mol. The fourth-order valence-electron chi connectivity index (χ4n) is 4.25. The summed E-state index contributed by atoms with van der Waals surface area (Å²) < 4.78 is 23.6. The highest BCUT2D eigenvalue weighted by molar-refractivity contribution is 5.95. The van der Waals surface area contributed by atoms with Crippen molar-refractivity contribution in [3.63, 3.8) is 0 Å². The van der Waals surface area contributed by atoms with Crippen molar-refractivity contribution in [3.8, 4) is 11.5 Å². The Morgan fingerprint density at radius 3 is 2.41 bits per heavy atom. The Hall–Kier alpha value is -2.86. The number of rotatable bonds is 2. The number of allylic oxidation sites excluding steroid dienone is 1. The van der Waals surface area contributed by atoms with E-state index in [2.05, 4.69) is 0 Å². The van der Waals surface area contributed by atoms with Gasteiger partial charge in [0.05, 0.1) is 17.7 Å². The Morgan fingerprint density at radius 1 is 1.04 bits per heavy atom. The van der Waals surface area contributed by atoms with Gasteiger partial charge in [0.1, 0.15) is 23.7 Å². The summed E-state index contributed by atoms with van der Waals surface area (Å²) >= 11 is 0. The van der Waals surface area contributed by atoms with E-state index >= 15 is 0 Å². The summed E-state index contributed by atoms with van der Waals surface area (Å²) in [7, 11) is 1.53. The summed E-state index contributed by atoms with van der Waals surface area (Å²) in [6.45, 7) is 0. The number of carbonyl (C=O) groups excluding carboxylic acids is 2. The summed E-state index contributed by atoms with van der Waals surface area (Å²) in [4.78, 5) is 24.1. The molecule has 3 atom stereocenters. The minimum absolute atomic E-state index is 0.0623. The number of ether oxygens (including phenoxy) is 4. The molecule has 5 rings (SSSR count). The van der Waals surface area contributed by atoms with Gasteiger partial charge in [-0.15, -0.1) is 0 Å². The van der Waals surface area contributed by atoms with Crippen LogP contribution in [0.5, 0.6) is 11.5 Å². The molecule has 3 aliphatic rings. The summed E-state index contributed by atoms with van der Waals surface area (Å²) in [6.07, 6.45) is 2.34. The van der Waals surface area contributed by atoms with Gasteiger partial charge in [-0.1, -0.05) is 24.3 Å². The largest absolute Gasteiger partial charge is 0.459 e. The van der Waals surface area contributed by atoms with Crippen LogP contribution in [0.4, 0.5) is 0 Å². The standard InChI is InChI=1S/C21H18O6/c1-24-17-11-18(23)25-20(17)14-10-13(22)8-9-21(14)26-15-6-2-4-12-5-3-7-16(27-21)19(12)15/h2-9,14,17,20H,10-11H2,1H3/t14-,17-,20-/m0/s1. The van der Waals surface area contributed by atoms with E-state index in [-0.39, 0.29) is 24.6 Å². The van der Waals surface area contributed by atoms with Gasteiger partial charge in [-0.05, 0) is 23.6 Å². The van der Waals surface area contributed by atoms with Crippen LogP contribution >= 0.6 is 0 Å². The smallest absolute Gasteiger partial charge is 0.308 e. The summed E-state index contributed by atoms with van der Waals surface area (Å²) in [5.41, 5.74) is 0. The maximum absolute atomic E-state index is 12.2. The van der Waals surface area contributed by atoms with Crippen LogP contribution in [0.15, 0.2) is 48.6 Å². The highest BCUT2D eigenvalue weighted by Gasteiger charge is 2.56. The van der Waals surface area contributed by atoms with E-state index in [0.29, 0.717) is 11.5 Å². The van der Waals surface area contributed by atoms with Gasteiger partial charge < -0.3 is 18.9 Å². The number of carbonyl (C=O) groups is 2.